The average Bonchev–Trinajstić information content (AvgIpc) is 2.94. The molecule has 2 saturated heterocycles. The van der Waals surface area contributed by atoms with Crippen LogP contribution in [0.3, 0.4) is 0 Å². The van der Waals surface area contributed by atoms with Gasteiger partial charge in [0.1, 0.15) is 17.2 Å². The number of hydrazine groups is 1. The van der Waals surface area contributed by atoms with Crippen LogP contribution in [-0.2, 0) is 11.0 Å². The molecule has 26 heavy (non-hydrogen) atoms. The predicted molar refractivity (Wildman–Crippen MR) is 84.5 cm³/mol. The standard InChI is InChI=1S/C16H16F4N4O2/c1-2-14(25)21-11-8-22(15-5-6-24(26)23(15)9-11)13-4-3-10(7-12(13)17)16(18,19)20/h2-4,7,11,15H,1,5-6,8-9H2/p+1. The van der Waals surface area contributed by atoms with Gasteiger partial charge in [-0.3, -0.25) is 4.79 Å². The van der Waals surface area contributed by atoms with Gasteiger partial charge in [-0.05, 0) is 24.3 Å². The van der Waals surface area contributed by atoms with Gasteiger partial charge in [0.05, 0.1) is 28.6 Å². The lowest BCUT2D eigenvalue weighted by Gasteiger charge is -2.40. The lowest BCUT2D eigenvalue weighted by atomic mass is 10.1. The summed E-state index contributed by atoms with van der Waals surface area (Å²) in [5.41, 5.74) is -1.12. The van der Waals surface area contributed by atoms with Crippen LogP contribution in [0.25, 0.3) is 0 Å². The molecule has 0 aliphatic carbocycles. The number of carbonyl (C=O) groups excluding carboxylic acids is 1. The minimum atomic E-state index is -4.65. The number of nitroso groups, excluding NO2 is 1. The number of hydrogen-bond acceptors (Lipinski definition) is 3. The van der Waals surface area contributed by atoms with Crippen molar-refractivity contribution in [1.82, 2.24) is 10.3 Å². The second-order valence-corrected chi connectivity index (χ2v) is 6.19. The van der Waals surface area contributed by atoms with Crippen molar-refractivity contribution >= 4 is 11.6 Å². The number of halogens is 4. The quantitative estimate of drug-likeness (QED) is 0.501. The Morgan fingerprint density at radius 1 is 1.35 bits per heavy atom. The van der Waals surface area contributed by atoms with E-state index in [-0.39, 0.29) is 25.3 Å². The summed E-state index contributed by atoms with van der Waals surface area (Å²) in [6.07, 6.45) is -3.64. The van der Waals surface area contributed by atoms with Crippen LogP contribution >= 0.6 is 0 Å². The molecule has 2 aliphatic heterocycles. The monoisotopic (exact) mass is 373 g/mol. The van der Waals surface area contributed by atoms with Gasteiger partial charge in [-0.15, -0.1) is 5.01 Å². The second-order valence-electron chi connectivity index (χ2n) is 6.19. The molecule has 1 N–H and O–H groups in total. The summed E-state index contributed by atoms with van der Waals surface area (Å²) < 4.78 is 52.7. The zero-order valence-electron chi connectivity index (χ0n) is 13.7. The third-order valence-corrected chi connectivity index (χ3v) is 4.51. The van der Waals surface area contributed by atoms with Gasteiger partial charge in [-0.1, -0.05) is 6.58 Å². The highest BCUT2D eigenvalue weighted by Crippen LogP contribution is 2.35. The summed E-state index contributed by atoms with van der Waals surface area (Å²) in [7, 11) is 0. The van der Waals surface area contributed by atoms with Crippen LogP contribution in [0.4, 0.5) is 23.2 Å². The fourth-order valence-corrected chi connectivity index (χ4v) is 3.35. The summed E-state index contributed by atoms with van der Waals surface area (Å²) in [4.78, 5) is 25.8. The molecule has 2 fully saturated rings. The summed E-state index contributed by atoms with van der Waals surface area (Å²) in [6, 6.07) is 1.79. The maximum atomic E-state index is 14.4. The number of alkyl halides is 3. The molecule has 0 saturated carbocycles. The zero-order chi connectivity index (χ0) is 19.1. The Hall–Kier alpha value is -2.65. The third-order valence-electron chi connectivity index (χ3n) is 4.51. The molecule has 140 valence electrons. The number of nitrogens with one attached hydrogen (secondary N) is 1. The minimum absolute atomic E-state index is 0.0409. The number of benzene rings is 1. The SMILES string of the molecule is C=CC(=O)NC1CN(c2ccc(C(F)(F)F)cc2F)C2CC[N+](=O)N2C1. The molecule has 3 rings (SSSR count). The number of rotatable bonds is 3. The molecule has 1 amide bonds. The van der Waals surface area contributed by atoms with Gasteiger partial charge in [0, 0.05) is 6.54 Å². The number of fused-ring (bicyclic) bond motifs is 1. The summed E-state index contributed by atoms with van der Waals surface area (Å²) in [5, 5.41) is 4.09. The molecule has 2 heterocycles. The van der Waals surface area contributed by atoms with Gasteiger partial charge in [-0.2, -0.15) is 13.2 Å². The van der Waals surface area contributed by atoms with Crippen molar-refractivity contribution in [3.05, 3.63) is 47.1 Å². The van der Waals surface area contributed by atoms with Crippen LogP contribution in [0.2, 0.25) is 0 Å². The first-order chi connectivity index (χ1) is 12.2. The molecule has 2 aliphatic rings. The molecule has 0 spiro atoms. The van der Waals surface area contributed by atoms with Gasteiger partial charge in [-0.25, -0.2) is 4.39 Å². The molecule has 1 aromatic carbocycles. The Bertz CT molecular complexity index is 752. The number of carbonyl (C=O) groups is 1. The molecule has 0 radical (unpaired) electrons. The van der Waals surface area contributed by atoms with Gasteiger partial charge in [0.25, 0.3) is 0 Å². The molecular formula is C16H17F4N4O2+. The average molecular weight is 373 g/mol. The lowest BCUT2D eigenvalue weighted by Crippen LogP contribution is -2.62. The van der Waals surface area contributed by atoms with Crippen LogP contribution in [0.1, 0.15) is 12.0 Å². The van der Waals surface area contributed by atoms with Crippen molar-refractivity contribution in [1.29, 1.82) is 0 Å². The largest absolute Gasteiger partial charge is 0.416 e. The van der Waals surface area contributed by atoms with E-state index in [0.717, 1.165) is 23.1 Å². The van der Waals surface area contributed by atoms with Crippen molar-refractivity contribution < 1.29 is 27.2 Å². The van der Waals surface area contributed by atoms with Gasteiger partial charge in [0.15, 0.2) is 6.17 Å². The van der Waals surface area contributed by atoms with E-state index >= 15 is 0 Å². The molecule has 6 nitrogen and oxygen atoms in total. The highest BCUT2D eigenvalue weighted by Gasteiger charge is 2.48. The van der Waals surface area contributed by atoms with E-state index in [4.69, 9.17) is 0 Å². The van der Waals surface area contributed by atoms with E-state index in [9.17, 15) is 27.3 Å². The van der Waals surface area contributed by atoms with E-state index in [0.29, 0.717) is 12.5 Å². The van der Waals surface area contributed by atoms with Gasteiger partial charge in [0.2, 0.25) is 12.5 Å². The number of nitrogens with zero attached hydrogens (tertiary/aromatic N) is 3. The van der Waals surface area contributed by atoms with Crippen molar-refractivity contribution in [2.45, 2.75) is 24.8 Å². The van der Waals surface area contributed by atoms with Crippen LogP contribution in [0.15, 0.2) is 30.9 Å². The Morgan fingerprint density at radius 3 is 2.69 bits per heavy atom. The van der Waals surface area contributed by atoms with E-state index in [1.54, 1.807) is 0 Å². The minimum Gasteiger partial charge on any atom is -0.346 e. The first-order valence-electron chi connectivity index (χ1n) is 7.98. The molecule has 1 aromatic rings. The van der Waals surface area contributed by atoms with E-state index in [1.807, 2.05) is 0 Å². The first-order valence-corrected chi connectivity index (χ1v) is 7.98. The molecular weight excluding hydrogens is 356 g/mol. The summed E-state index contributed by atoms with van der Waals surface area (Å²) >= 11 is 0. The van der Waals surface area contributed by atoms with Crippen LogP contribution in [0.5, 0.6) is 0 Å². The molecule has 10 heteroatoms. The van der Waals surface area contributed by atoms with E-state index in [2.05, 4.69) is 11.9 Å². The number of hydrogen-bond donors (Lipinski definition) is 1. The molecule has 2 atom stereocenters. The van der Waals surface area contributed by atoms with Crippen molar-refractivity contribution in [3.8, 4) is 0 Å². The number of amides is 1. The second kappa shape index (κ2) is 6.58. The first kappa shape index (κ1) is 18.2. The zero-order valence-corrected chi connectivity index (χ0v) is 13.7. The van der Waals surface area contributed by atoms with E-state index < -0.39 is 35.7 Å². The van der Waals surface area contributed by atoms with Crippen molar-refractivity contribution in [2.75, 3.05) is 24.5 Å². The van der Waals surface area contributed by atoms with Crippen LogP contribution < -0.4 is 10.2 Å². The van der Waals surface area contributed by atoms with Gasteiger partial charge >= 0.3 is 6.18 Å². The number of anilines is 1. The van der Waals surface area contributed by atoms with E-state index in [1.165, 1.54) is 9.91 Å². The Morgan fingerprint density at radius 2 is 2.08 bits per heavy atom. The molecule has 2 unspecified atom stereocenters. The van der Waals surface area contributed by atoms with Gasteiger partial charge < -0.3 is 10.2 Å². The predicted octanol–water partition coefficient (Wildman–Crippen LogP) is 2.06. The highest BCUT2D eigenvalue weighted by molar-refractivity contribution is 5.87. The smallest absolute Gasteiger partial charge is 0.346 e. The Labute approximate surface area is 146 Å². The van der Waals surface area contributed by atoms with Crippen molar-refractivity contribution in [2.24, 2.45) is 0 Å². The van der Waals surface area contributed by atoms with Crippen molar-refractivity contribution in [3.63, 3.8) is 0 Å². The van der Waals surface area contributed by atoms with Crippen LogP contribution in [0, 0.1) is 10.7 Å². The fraction of sp³-hybridized carbons (Fsp3) is 0.438. The Kier molecular flexibility index (Phi) is 4.59. The normalized spacial score (nSPS) is 23.0. The summed E-state index contributed by atoms with van der Waals surface area (Å²) in [6.45, 7) is 3.93. The molecule has 0 aromatic heterocycles. The Balaban J connectivity index is 1.92. The van der Waals surface area contributed by atoms with Crippen LogP contribution in [-0.4, -0.2) is 47.6 Å². The highest BCUT2D eigenvalue weighted by atomic mass is 19.4. The maximum absolute atomic E-state index is 14.4. The maximum Gasteiger partial charge on any atom is 0.416 e. The summed E-state index contributed by atoms with van der Waals surface area (Å²) in [5.74, 6) is -1.47. The lowest BCUT2D eigenvalue weighted by molar-refractivity contribution is -0.691. The fourth-order valence-electron chi connectivity index (χ4n) is 3.35. The molecule has 0 bridgehead atoms. The topological polar surface area (TPSA) is 55.7 Å². The third kappa shape index (κ3) is 3.35.